The first kappa shape index (κ1) is 13.2. The number of nitrogens with zero attached hydrogens (tertiary/aromatic N) is 1. The average Bonchev–Trinajstić information content (AvgIpc) is 2.03. The van der Waals surface area contributed by atoms with Gasteiger partial charge >= 0.3 is 5.97 Å². The molecule has 0 aliphatic heterocycles. The topological polar surface area (TPSA) is 40.5 Å². The molecule has 0 saturated carbocycles. The Morgan fingerprint density at radius 3 is 2.50 bits per heavy atom. The molecule has 0 rings (SSSR count). The Morgan fingerprint density at radius 2 is 2.14 bits per heavy atom. The van der Waals surface area contributed by atoms with Crippen molar-refractivity contribution in [2.45, 2.75) is 39.7 Å². The van der Waals surface area contributed by atoms with Gasteiger partial charge in [-0.05, 0) is 26.8 Å². The van der Waals surface area contributed by atoms with Crippen LogP contribution in [0.2, 0.25) is 0 Å². The number of aliphatic carboxylic acids is 1. The minimum absolute atomic E-state index is 0.108. The van der Waals surface area contributed by atoms with Crippen molar-refractivity contribution in [3.8, 4) is 0 Å². The van der Waals surface area contributed by atoms with E-state index in [0.717, 1.165) is 25.1 Å². The van der Waals surface area contributed by atoms with Gasteiger partial charge in [0.05, 0.1) is 6.42 Å². The molecule has 0 aliphatic carbocycles. The van der Waals surface area contributed by atoms with Crippen LogP contribution in [0.5, 0.6) is 0 Å². The fraction of sp³-hybridized carbons (Fsp3) is 0.727. The van der Waals surface area contributed by atoms with Crippen molar-refractivity contribution in [2.24, 2.45) is 0 Å². The fourth-order valence-electron chi connectivity index (χ4n) is 1.41. The monoisotopic (exact) mass is 199 g/mol. The number of carboxylic acid groups (broad SMARTS) is 1. The summed E-state index contributed by atoms with van der Waals surface area (Å²) in [4.78, 5) is 12.7. The smallest absolute Gasteiger partial charge is 0.304 e. The first-order chi connectivity index (χ1) is 6.47. The zero-order valence-electron chi connectivity index (χ0n) is 9.42. The first-order valence-corrected chi connectivity index (χ1v) is 5.07. The van der Waals surface area contributed by atoms with Crippen LogP contribution in [0.15, 0.2) is 12.2 Å². The zero-order chi connectivity index (χ0) is 11.1. The van der Waals surface area contributed by atoms with Crippen molar-refractivity contribution in [2.75, 3.05) is 13.1 Å². The number of hydrogen-bond donors (Lipinski definition) is 1. The molecule has 0 aromatic heterocycles. The van der Waals surface area contributed by atoms with E-state index in [2.05, 4.69) is 18.4 Å². The third kappa shape index (κ3) is 5.75. The Kier molecular flexibility index (Phi) is 6.21. The summed E-state index contributed by atoms with van der Waals surface area (Å²) in [5, 5.41) is 8.66. The van der Waals surface area contributed by atoms with Crippen molar-refractivity contribution in [3.05, 3.63) is 12.2 Å². The quantitative estimate of drug-likeness (QED) is 0.639. The van der Waals surface area contributed by atoms with Gasteiger partial charge in [-0.3, -0.25) is 4.79 Å². The number of carbonyl (C=O) groups is 1. The molecule has 14 heavy (non-hydrogen) atoms. The van der Waals surface area contributed by atoms with E-state index in [-0.39, 0.29) is 12.5 Å². The van der Waals surface area contributed by atoms with Crippen molar-refractivity contribution >= 4 is 5.97 Å². The number of carboxylic acids is 1. The highest BCUT2D eigenvalue weighted by Gasteiger charge is 2.14. The van der Waals surface area contributed by atoms with Crippen LogP contribution in [0, 0.1) is 0 Å². The lowest BCUT2D eigenvalue weighted by molar-refractivity contribution is -0.138. The van der Waals surface area contributed by atoms with Crippen LogP contribution in [-0.4, -0.2) is 35.1 Å². The van der Waals surface area contributed by atoms with Crippen molar-refractivity contribution < 1.29 is 9.90 Å². The van der Waals surface area contributed by atoms with E-state index in [9.17, 15) is 4.79 Å². The highest BCUT2D eigenvalue weighted by atomic mass is 16.4. The van der Waals surface area contributed by atoms with Gasteiger partial charge in [0.1, 0.15) is 0 Å². The van der Waals surface area contributed by atoms with Crippen LogP contribution < -0.4 is 0 Å². The highest BCUT2D eigenvalue weighted by molar-refractivity contribution is 5.67. The standard InChI is InChI=1S/C11H21NO2/c1-5-12(7-6-9(2)3)10(4)8-11(13)14/h10H,2,5-8H2,1,3-4H3,(H,13,14). The van der Waals surface area contributed by atoms with Gasteiger partial charge in [-0.1, -0.05) is 12.5 Å². The summed E-state index contributed by atoms with van der Waals surface area (Å²) >= 11 is 0. The predicted molar refractivity (Wildman–Crippen MR) is 58.4 cm³/mol. The minimum Gasteiger partial charge on any atom is -0.481 e. The van der Waals surface area contributed by atoms with E-state index in [4.69, 9.17) is 5.11 Å². The molecule has 0 amide bonds. The van der Waals surface area contributed by atoms with Gasteiger partial charge in [0.2, 0.25) is 0 Å². The van der Waals surface area contributed by atoms with Crippen LogP contribution in [0.25, 0.3) is 0 Å². The fourth-order valence-corrected chi connectivity index (χ4v) is 1.41. The molecule has 3 nitrogen and oxygen atoms in total. The predicted octanol–water partition coefficient (Wildman–Crippen LogP) is 2.14. The molecule has 0 spiro atoms. The van der Waals surface area contributed by atoms with E-state index in [1.165, 1.54) is 0 Å². The molecule has 1 unspecified atom stereocenters. The molecule has 3 heteroatoms. The number of hydrogen-bond acceptors (Lipinski definition) is 2. The Morgan fingerprint density at radius 1 is 1.57 bits per heavy atom. The second-order valence-corrected chi connectivity index (χ2v) is 3.78. The van der Waals surface area contributed by atoms with Crippen LogP contribution >= 0.6 is 0 Å². The van der Waals surface area contributed by atoms with Gasteiger partial charge in [-0.2, -0.15) is 0 Å². The molecule has 1 N–H and O–H groups in total. The van der Waals surface area contributed by atoms with Crippen LogP contribution in [0.1, 0.15) is 33.6 Å². The van der Waals surface area contributed by atoms with Gasteiger partial charge < -0.3 is 10.0 Å². The molecular formula is C11H21NO2. The molecule has 0 fully saturated rings. The summed E-state index contributed by atoms with van der Waals surface area (Å²) in [6.07, 6.45) is 1.15. The first-order valence-electron chi connectivity index (χ1n) is 5.07. The van der Waals surface area contributed by atoms with E-state index < -0.39 is 5.97 Å². The van der Waals surface area contributed by atoms with E-state index in [1.807, 2.05) is 13.8 Å². The van der Waals surface area contributed by atoms with Crippen LogP contribution in [0.4, 0.5) is 0 Å². The summed E-state index contributed by atoms with van der Waals surface area (Å²) < 4.78 is 0. The van der Waals surface area contributed by atoms with Gasteiger partial charge in [0, 0.05) is 12.6 Å². The van der Waals surface area contributed by atoms with Crippen LogP contribution in [-0.2, 0) is 4.79 Å². The Labute approximate surface area is 86.4 Å². The maximum absolute atomic E-state index is 10.5. The molecule has 0 saturated heterocycles. The minimum atomic E-state index is -0.730. The summed E-state index contributed by atoms with van der Waals surface area (Å²) in [5.41, 5.74) is 1.14. The third-order valence-electron chi connectivity index (χ3n) is 2.33. The van der Waals surface area contributed by atoms with Gasteiger partial charge in [0.15, 0.2) is 0 Å². The summed E-state index contributed by atoms with van der Waals surface area (Å²) in [7, 11) is 0. The summed E-state index contributed by atoms with van der Waals surface area (Å²) in [6.45, 7) is 11.6. The third-order valence-corrected chi connectivity index (χ3v) is 2.33. The molecule has 0 aromatic carbocycles. The van der Waals surface area contributed by atoms with E-state index >= 15 is 0 Å². The largest absolute Gasteiger partial charge is 0.481 e. The van der Waals surface area contributed by atoms with Crippen molar-refractivity contribution in [3.63, 3.8) is 0 Å². The van der Waals surface area contributed by atoms with E-state index in [1.54, 1.807) is 0 Å². The molecule has 0 aromatic rings. The molecular weight excluding hydrogens is 178 g/mol. The lowest BCUT2D eigenvalue weighted by Gasteiger charge is -2.26. The molecule has 0 aliphatic rings. The zero-order valence-corrected chi connectivity index (χ0v) is 9.42. The number of rotatable bonds is 7. The maximum atomic E-state index is 10.5. The average molecular weight is 199 g/mol. The Balaban J connectivity index is 3.98. The van der Waals surface area contributed by atoms with Crippen molar-refractivity contribution in [1.82, 2.24) is 4.90 Å². The highest BCUT2D eigenvalue weighted by Crippen LogP contribution is 2.07. The Hall–Kier alpha value is -0.830. The normalized spacial score (nSPS) is 12.9. The second-order valence-electron chi connectivity index (χ2n) is 3.78. The summed E-state index contributed by atoms with van der Waals surface area (Å²) in [5.74, 6) is -0.730. The molecule has 82 valence electrons. The molecule has 1 atom stereocenters. The molecule has 0 heterocycles. The maximum Gasteiger partial charge on any atom is 0.304 e. The van der Waals surface area contributed by atoms with Gasteiger partial charge in [-0.25, -0.2) is 0 Å². The second kappa shape index (κ2) is 6.60. The lowest BCUT2D eigenvalue weighted by Crippen LogP contribution is -2.35. The summed E-state index contributed by atoms with van der Waals surface area (Å²) in [6, 6.07) is 0.108. The van der Waals surface area contributed by atoms with E-state index in [0.29, 0.717) is 0 Å². The van der Waals surface area contributed by atoms with Gasteiger partial charge in [-0.15, -0.1) is 6.58 Å². The van der Waals surface area contributed by atoms with Crippen LogP contribution in [0.3, 0.4) is 0 Å². The molecule has 0 radical (unpaired) electrons. The van der Waals surface area contributed by atoms with Crippen molar-refractivity contribution in [1.29, 1.82) is 0 Å². The lowest BCUT2D eigenvalue weighted by atomic mass is 10.1. The SMILES string of the molecule is C=C(C)CCN(CC)C(C)CC(=O)O. The van der Waals surface area contributed by atoms with Gasteiger partial charge in [0.25, 0.3) is 0 Å². The molecule has 0 bridgehead atoms. The Bertz CT molecular complexity index is 201.